The lowest BCUT2D eigenvalue weighted by atomic mass is 9.70. The van der Waals surface area contributed by atoms with E-state index in [2.05, 4.69) is 10.6 Å². The molecule has 0 aliphatic carbocycles. The number of nitrogens with zero attached hydrogens (tertiary/aromatic N) is 1. The van der Waals surface area contributed by atoms with Crippen LogP contribution in [0.25, 0.3) is 0 Å². The summed E-state index contributed by atoms with van der Waals surface area (Å²) < 4.78 is 6.45. The fourth-order valence-corrected chi connectivity index (χ4v) is 6.18. The van der Waals surface area contributed by atoms with Crippen molar-refractivity contribution < 1.29 is 24.2 Å². The van der Waals surface area contributed by atoms with Crippen LogP contribution in [0.1, 0.15) is 63.0 Å². The number of hydrogen-bond donors (Lipinski definition) is 3. The van der Waals surface area contributed by atoms with Crippen molar-refractivity contribution in [3.63, 3.8) is 0 Å². The highest BCUT2D eigenvalue weighted by Gasteiger charge is 2.74. The van der Waals surface area contributed by atoms with Crippen LogP contribution in [0.5, 0.6) is 0 Å². The van der Waals surface area contributed by atoms with Gasteiger partial charge in [-0.2, -0.15) is 0 Å². The Morgan fingerprint density at radius 2 is 1.94 bits per heavy atom. The van der Waals surface area contributed by atoms with E-state index in [1.54, 1.807) is 4.90 Å². The molecule has 3 fully saturated rings. The van der Waals surface area contributed by atoms with E-state index in [4.69, 9.17) is 9.84 Å². The summed E-state index contributed by atoms with van der Waals surface area (Å²) in [6, 6.07) is 5.13. The first-order chi connectivity index (χ1) is 16.8. The number of benzene rings is 1. The maximum absolute atomic E-state index is 13.8. The second-order valence-corrected chi connectivity index (χ2v) is 10.3. The van der Waals surface area contributed by atoms with E-state index in [0.29, 0.717) is 25.9 Å². The van der Waals surface area contributed by atoms with Crippen LogP contribution in [0.15, 0.2) is 18.2 Å². The molecule has 2 unspecified atom stereocenters. The molecule has 3 saturated heterocycles. The zero-order valence-corrected chi connectivity index (χ0v) is 21.1. The van der Waals surface area contributed by atoms with Gasteiger partial charge in [0, 0.05) is 25.4 Å². The van der Waals surface area contributed by atoms with Crippen LogP contribution in [0, 0.1) is 25.7 Å². The Kier molecular flexibility index (Phi) is 7.81. The van der Waals surface area contributed by atoms with Gasteiger partial charge in [-0.15, -0.1) is 0 Å². The third kappa shape index (κ3) is 4.70. The van der Waals surface area contributed by atoms with Crippen LogP contribution in [-0.4, -0.2) is 65.2 Å². The third-order valence-corrected chi connectivity index (χ3v) is 7.86. The molecule has 3 N–H and O–H groups in total. The van der Waals surface area contributed by atoms with Gasteiger partial charge in [-0.1, -0.05) is 31.9 Å². The van der Waals surface area contributed by atoms with Crippen LogP contribution in [0.4, 0.5) is 5.69 Å². The molecule has 3 aliphatic heterocycles. The van der Waals surface area contributed by atoms with E-state index in [1.807, 2.05) is 39.0 Å². The number of nitrogens with one attached hydrogen (secondary N) is 2. The summed E-state index contributed by atoms with van der Waals surface area (Å²) in [7, 11) is 0. The summed E-state index contributed by atoms with van der Waals surface area (Å²) >= 11 is 0. The molecule has 1 aromatic rings. The highest BCUT2D eigenvalue weighted by molar-refractivity contribution is 6.03. The van der Waals surface area contributed by atoms with Crippen molar-refractivity contribution in [3.05, 3.63) is 29.3 Å². The number of hydrogen-bond acceptors (Lipinski definition) is 5. The molecule has 8 heteroatoms. The van der Waals surface area contributed by atoms with Gasteiger partial charge in [-0.05, 0) is 63.1 Å². The third-order valence-electron chi connectivity index (χ3n) is 7.86. The Bertz CT molecular complexity index is 966. The van der Waals surface area contributed by atoms with Crippen LogP contribution in [0.3, 0.4) is 0 Å². The molecular weight excluding hydrogens is 446 g/mol. The van der Waals surface area contributed by atoms with Crippen molar-refractivity contribution in [3.8, 4) is 0 Å². The van der Waals surface area contributed by atoms with Crippen molar-refractivity contribution in [2.45, 2.75) is 83.5 Å². The van der Waals surface area contributed by atoms with Gasteiger partial charge < -0.3 is 25.4 Å². The number of aliphatic hydroxyl groups excluding tert-OH is 1. The predicted octanol–water partition coefficient (Wildman–Crippen LogP) is 2.70. The Balaban J connectivity index is 1.62. The first kappa shape index (κ1) is 25.6. The number of unbranched alkanes of at least 4 members (excludes halogenated alkanes) is 3. The Labute approximate surface area is 207 Å². The van der Waals surface area contributed by atoms with Gasteiger partial charge >= 0.3 is 0 Å². The number of likely N-dealkylation sites (tertiary alicyclic amines) is 1. The zero-order valence-electron chi connectivity index (χ0n) is 21.1. The number of carbonyl (C=O) groups is 3. The first-order valence-corrected chi connectivity index (χ1v) is 13.1. The standard InChI is InChI=1S/C27H39N3O5/c1-4-13-28-24(32)21-20-11-12-27(35-20)22(21)26(34)30(14-7-5-6-8-15-31)23(27)25(33)29-19-16-17(2)9-10-18(19)3/h9-10,16,20-23,31H,4-8,11-15H2,1-3H3,(H,28,32)(H,29,33)/t20-,21+,22+,23?,27?/m1/s1. The first-order valence-electron chi connectivity index (χ1n) is 13.1. The molecule has 3 amide bonds. The van der Waals surface area contributed by atoms with Crippen molar-refractivity contribution in [2.75, 3.05) is 25.0 Å². The Hall–Kier alpha value is -2.45. The molecule has 8 nitrogen and oxygen atoms in total. The van der Waals surface area contributed by atoms with Crippen molar-refractivity contribution >= 4 is 23.4 Å². The molecule has 4 rings (SSSR count). The number of carbonyl (C=O) groups excluding carboxylic acids is 3. The molecule has 35 heavy (non-hydrogen) atoms. The van der Waals surface area contributed by atoms with E-state index in [0.717, 1.165) is 48.9 Å². The van der Waals surface area contributed by atoms with Gasteiger partial charge in [-0.3, -0.25) is 14.4 Å². The second-order valence-electron chi connectivity index (χ2n) is 10.3. The zero-order chi connectivity index (χ0) is 25.2. The van der Waals surface area contributed by atoms with E-state index in [9.17, 15) is 14.4 Å². The molecular formula is C27H39N3O5. The number of anilines is 1. The average molecular weight is 486 g/mol. The summed E-state index contributed by atoms with van der Waals surface area (Å²) in [6.45, 7) is 7.06. The molecule has 1 spiro atoms. The molecule has 3 heterocycles. The number of aliphatic hydroxyl groups is 1. The topological polar surface area (TPSA) is 108 Å². The van der Waals surface area contributed by atoms with Gasteiger partial charge in [0.05, 0.1) is 17.9 Å². The minimum absolute atomic E-state index is 0.143. The van der Waals surface area contributed by atoms with Gasteiger partial charge in [0.25, 0.3) is 0 Å². The molecule has 0 radical (unpaired) electrons. The smallest absolute Gasteiger partial charge is 0.250 e. The summed E-state index contributed by atoms with van der Waals surface area (Å²) in [5.74, 6) is -1.73. The number of fused-ring (bicyclic) bond motifs is 1. The van der Waals surface area contributed by atoms with Crippen molar-refractivity contribution in [1.29, 1.82) is 0 Å². The van der Waals surface area contributed by atoms with E-state index < -0.39 is 23.5 Å². The fraction of sp³-hybridized carbons (Fsp3) is 0.667. The van der Waals surface area contributed by atoms with E-state index >= 15 is 0 Å². The summed E-state index contributed by atoms with van der Waals surface area (Å²) in [5.41, 5.74) is 1.75. The highest BCUT2D eigenvalue weighted by atomic mass is 16.5. The quantitative estimate of drug-likeness (QED) is 0.418. The molecule has 2 bridgehead atoms. The average Bonchev–Trinajstić information content (AvgIpc) is 3.47. The second kappa shape index (κ2) is 10.7. The van der Waals surface area contributed by atoms with Crippen LogP contribution < -0.4 is 10.6 Å². The molecule has 1 aromatic carbocycles. The predicted molar refractivity (Wildman–Crippen MR) is 133 cm³/mol. The van der Waals surface area contributed by atoms with Gasteiger partial charge in [0.2, 0.25) is 17.7 Å². The minimum Gasteiger partial charge on any atom is -0.396 e. The lowest BCUT2D eigenvalue weighted by Crippen LogP contribution is -2.53. The van der Waals surface area contributed by atoms with E-state index in [-0.39, 0.29) is 30.4 Å². The van der Waals surface area contributed by atoms with Crippen LogP contribution in [0.2, 0.25) is 0 Å². The SMILES string of the molecule is CCCNC(=O)[C@@H]1[C@H]2C(=O)N(CCCCCCO)C(C(=O)Nc3cc(C)ccc3C)C23CC[C@H]1O3. The maximum Gasteiger partial charge on any atom is 0.250 e. The lowest BCUT2D eigenvalue weighted by Gasteiger charge is -2.33. The van der Waals surface area contributed by atoms with Crippen molar-refractivity contribution in [2.24, 2.45) is 11.8 Å². The molecule has 0 saturated carbocycles. The number of ether oxygens (including phenoxy) is 1. The Morgan fingerprint density at radius 3 is 2.69 bits per heavy atom. The van der Waals surface area contributed by atoms with Gasteiger partial charge in [0.1, 0.15) is 11.6 Å². The summed E-state index contributed by atoms with van der Waals surface area (Å²) in [6.07, 6.45) is 4.94. The summed E-state index contributed by atoms with van der Waals surface area (Å²) in [5, 5.41) is 15.1. The highest BCUT2D eigenvalue weighted by Crippen LogP contribution is 2.58. The number of amides is 3. The number of rotatable bonds is 11. The fourth-order valence-electron chi connectivity index (χ4n) is 6.18. The maximum atomic E-state index is 13.8. The normalized spacial score (nSPS) is 28.9. The molecule has 5 atom stereocenters. The van der Waals surface area contributed by atoms with Crippen molar-refractivity contribution in [1.82, 2.24) is 10.2 Å². The molecule has 3 aliphatic rings. The molecule has 192 valence electrons. The summed E-state index contributed by atoms with van der Waals surface area (Å²) in [4.78, 5) is 42.4. The largest absolute Gasteiger partial charge is 0.396 e. The Morgan fingerprint density at radius 1 is 1.17 bits per heavy atom. The lowest BCUT2D eigenvalue weighted by molar-refractivity contribution is -0.140. The monoisotopic (exact) mass is 485 g/mol. The van der Waals surface area contributed by atoms with Crippen LogP contribution in [-0.2, 0) is 19.1 Å². The molecule has 0 aromatic heterocycles. The van der Waals surface area contributed by atoms with Crippen LogP contribution >= 0.6 is 0 Å². The minimum atomic E-state index is -0.969. The van der Waals surface area contributed by atoms with Gasteiger partial charge in [0.15, 0.2) is 0 Å². The van der Waals surface area contributed by atoms with E-state index in [1.165, 1.54) is 0 Å². The number of aryl methyl sites for hydroxylation is 2. The van der Waals surface area contributed by atoms with Gasteiger partial charge in [-0.25, -0.2) is 0 Å².